The number of carbonyl (C=O) groups is 1. The van der Waals surface area contributed by atoms with Gasteiger partial charge in [-0.3, -0.25) is 4.79 Å². The zero-order valence-electron chi connectivity index (χ0n) is 15.5. The van der Waals surface area contributed by atoms with Gasteiger partial charge in [0.15, 0.2) is 0 Å². The average Bonchev–Trinajstić information content (AvgIpc) is 2.61. The van der Waals surface area contributed by atoms with Crippen molar-refractivity contribution in [1.82, 2.24) is 0 Å². The predicted molar refractivity (Wildman–Crippen MR) is 109 cm³/mol. The first kappa shape index (κ1) is 20.3. The van der Waals surface area contributed by atoms with Crippen molar-refractivity contribution >= 4 is 27.5 Å². The van der Waals surface area contributed by atoms with Gasteiger partial charge >= 0.3 is 0 Å². The summed E-state index contributed by atoms with van der Waals surface area (Å²) >= 11 is 3.48. The molecule has 1 amide bonds. The largest absolute Gasteiger partial charge is 0.494 e. The highest BCUT2D eigenvalue weighted by Crippen LogP contribution is 2.27. The van der Waals surface area contributed by atoms with E-state index in [1.807, 2.05) is 30.3 Å². The number of carbonyl (C=O) groups excluding carboxylic acids is 1. The number of ether oxygens (including phenoxy) is 2. The molecule has 0 aliphatic rings. The van der Waals surface area contributed by atoms with Crippen LogP contribution in [0.2, 0.25) is 0 Å². The third-order valence-electron chi connectivity index (χ3n) is 3.71. The summed E-state index contributed by atoms with van der Waals surface area (Å²) in [6.45, 7) is 7.69. The van der Waals surface area contributed by atoms with Gasteiger partial charge in [0.25, 0.3) is 5.91 Å². The topological polar surface area (TPSA) is 47.6 Å². The highest BCUT2D eigenvalue weighted by atomic mass is 79.9. The van der Waals surface area contributed by atoms with Crippen molar-refractivity contribution in [3.8, 4) is 11.5 Å². The van der Waals surface area contributed by atoms with Crippen molar-refractivity contribution in [2.24, 2.45) is 5.92 Å². The van der Waals surface area contributed by atoms with E-state index in [-0.39, 0.29) is 5.91 Å². The van der Waals surface area contributed by atoms with Crippen LogP contribution in [0.15, 0.2) is 46.9 Å². The van der Waals surface area contributed by atoms with Gasteiger partial charge < -0.3 is 14.8 Å². The molecule has 4 nitrogen and oxygen atoms in total. The summed E-state index contributed by atoms with van der Waals surface area (Å²) in [6.07, 6.45) is 1.93. The van der Waals surface area contributed by atoms with Gasteiger partial charge in [-0.15, -0.1) is 0 Å². The first-order valence-corrected chi connectivity index (χ1v) is 9.75. The molecule has 2 aromatic carbocycles. The Morgan fingerprint density at radius 2 is 1.92 bits per heavy atom. The number of anilines is 1. The fourth-order valence-electron chi connectivity index (χ4n) is 2.25. The molecule has 0 atom stereocenters. The van der Waals surface area contributed by atoms with Gasteiger partial charge in [0, 0.05) is 17.3 Å². The Bertz CT molecular complexity index is 731. The Kier molecular flexibility index (Phi) is 7.98. The van der Waals surface area contributed by atoms with Crippen LogP contribution in [0.1, 0.15) is 44.0 Å². The van der Waals surface area contributed by atoms with E-state index in [0.29, 0.717) is 30.4 Å². The molecule has 0 spiro atoms. The molecule has 140 valence electrons. The van der Waals surface area contributed by atoms with E-state index in [2.05, 4.69) is 42.0 Å². The highest BCUT2D eigenvalue weighted by Gasteiger charge is 2.10. The number of hydrogen-bond acceptors (Lipinski definition) is 3. The van der Waals surface area contributed by atoms with E-state index in [0.717, 1.165) is 28.8 Å². The molecule has 5 heteroatoms. The van der Waals surface area contributed by atoms with Crippen LogP contribution in [-0.4, -0.2) is 19.1 Å². The molecule has 2 aromatic rings. The van der Waals surface area contributed by atoms with Gasteiger partial charge in [-0.25, -0.2) is 0 Å². The first-order chi connectivity index (χ1) is 12.5. The smallest absolute Gasteiger partial charge is 0.255 e. The lowest BCUT2D eigenvalue weighted by atomic mass is 10.1. The van der Waals surface area contributed by atoms with Crippen LogP contribution < -0.4 is 14.8 Å². The third kappa shape index (κ3) is 6.37. The van der Waals surface area contributed by atoms with Crippen molar-refractivity contribution < 1.29 is 14.3 Å². The second-order valence-corrected chi connectivity index (χ2v) is 7.36. The van der Waals surface area contributed by atoms with Gasteiger partial charge in [-0.1, -0.05) is 26.8 Å². The van der Waals surface area contributed by atoms with E-state index in [9.17, 15) is 4.79 Å². The third-order valence-corrected chi connectivity index (χ3v) is 4.33. The van der Waals surface area contributed by atoms with E-state index < -0.39 is 0 Å². The minimum atomic E-state index is -0.174. The molecule has 0 radical (unpaired) electrons. The fourth-order valence-corrected chi connectivity index (χ4v) is 2.74. The Morgan fingerprint density at radius 3 is 2.62 bits per heavy atom. The number of hydrogen-bond donors (Lipinski definition) is 1. The fraction of sp³-hybridized carbons (Fsp3) is 0.381. The summed E-state index contributed by atoms with van der Waals surface area (Å²) in [7, 11) is 0. The monoisotopic (exact) mass is 419 g/mol. The minimum absolute atomic E-state index is 0.174. The number of nitrogens with one attached hydrogen (secondary N) is 1. The molecule has 0 saturated carbocycles. The maximum absolute atomic E-state index is 12.5. The quantitative estimate of drug-likeness (QED) is 0.548. The zero-order chi connectivity index (χ0) is 18.9. The molecule has 0 aliphatic heterocycles. The van der Waals surface area contributed by atoms with Crippen molar-refractivity contribution in [3.63, 3.8) is 0 Å². The van der Waals surface area contributed by atoms with E-state index in [4.69, 9.17) is 9.47 Å². The second kappa shape index (κ2) is 10.2. The molecule has 0 saturated heterocycles. The summed E-state index contributed by atoms with van der Waals surface area (Å²) in [6, 6.07) is 12.8. The van der Waals surface area contributed by atoms with Crippen LogP contribution >= 0.6 is 15.9 Å². The Morgan fingerprint density at radius 1 is 1.12 bits per heavy atom. The molecular formula is C21H26BrNO3. The van der Waals surface area contributed by atoms with Gasteiger partial charge in [0.1, 0.15) is 11.5 Å². The lowest BCUT2D eigenvalue weighted by Gasteiger charge is -2.12. The summed E-state index contributed by atoms with van der Waals surface area (Å²) in [5.41, 5.74) is 1.27. The standard InChI is InChI=1S/C21H26BrNO3/c1-4-11-25-18-7-5-6-17(14-18)23-21(24)16-8-9-20(19(22)13-16)26-12-10-15(2)3/h5-9,13-15H,4,10-12H2,1-3H3,(H,23,24). The Labute approximate surface area is 164 Å². The molecule has 26 heavy (non-hydrogen) atoms. The van der Waals surface area contributed by atoms with Crippen LogP contribution in [0.5, 0.6) is 11.5 Å². The summed E-state index contributed by atoms with van der Waals surface area (Å²) in [5, 5.41) is 2.90. The Hall–Kier alpha value is -2.01. The summed E-state index contributed by atoms with van der Waals surface area (Å²) in [5.74, 6) is 1.92. The maximum Gasteiger partial charge on any atom is 0.255 e. The SMILES string of the molecule is CCCOc1cccc(NC(=O)c2ccc(OCCC(C)C)c(Br)c2)c1. The first-order valence-electron chi connectivity index (χ1n) is 8.96. The van der Waals surface area contributed by atoms with Crippen LogP contribution in [-0.2, 0) is 0 Å². The van der Waals surface area contributed by atoms with Crippen LogP contribution in [0.4, 0.5) is 5.69 Å². The highest BCUT2D eigenvalue weighted by molar-refractivity contribution is 9.10. The van der Waals surface area contributed by atoms with Crippen molar-refractivity contribution in [2.45, 2.75) is 33.6 Å². The lowest BCUT2D eigenvalue weighted by Crippen LogP contribution is -2.12. The van der Waals surface area contributed by atoms with Crippen molar-refractivity contribution in [2.75, 3.05) is 18.5 Å². The molecule has 0 heterocycles. The summed E-state index contributed by atoms with van der Waals surface area (Å²) < 4.78 is 12.1. The molecular weight excluding hydrogens is 394 g/mol. The molecule has 0 unspecified atom stereocenters. The normalized spacial score (nSPS) is 10.7. The van der Waals surface area contributed by atoms with Crippen LogP contribution in [0.25, 0.3) is 0 Å². The molecule has 0 aliphatic carbocycles. The van der Waals surface area contributed by atoms with Gasteiger partial charge in [-0.2, -0.15) is 0 Å². The van der Waals surface area contributed by atoms with Gasteiger partial charge in [0.2, 0.25) is 0 Å². The van der Waals surface area contributed by atoms with Crippen molar-refractivity contribution in [3.05, 3.63) is 52.5 Å². The average molecular weight is 420 g/mol. The number of halogens is 1. The van der Waals surface area contributed by atoms with Crippen LogP contribution in [0.3, 0.4) is 0 Å². The number of benzene rings is 2. The molecule has 2 rings (SSSR count). The van der Waals surface area contributed by atoms with E-state index >= 15 is 0 Å². The zero-order valence-corrected chi connectivity index (χ0v) is 17.1. The second-order valence-electron chi connectivity index (χ2n) is 6.51. The molecule has 1 N–H and O–H groups in total. The molecule has 0 aromatic heterocycles. The lowest BCUT2D eigenvalue weighted by molar-refractivity contribution is 0.102. The van der Waals surface area contributed by atoms with E-state index in [1.54, 1.807) is 12.1 Å². The number of rotatable bonds is 9. The summed E-state index contributed by atoms with van der Waals surface area (Å²) in [4.78, 5) is 12.5. The number of amides is 1. The Balaban J connectivity index is 2.00. The van der Waals surface area contributed by atoms with Crippen LogP contribution in [0, 0.1) is 5.92 Å². The molecule has 0 bridgehead atoms. The maximum atomic E-state index is 12.5. The molecule has 0 fully saturated rings. The minimum Gasteiger partial charge on any atom is -0.494 e. The predicted octanol–water partition coefficient (Wildman–Crippen LogP) is 5.92. The van der Waals surface area contributed by atoms with Gasteiger partial charge in [-0.05, 0) is 65.0 Å². The van der Waals surface area contributed by atoms with Gasteiger partial charge in [0.05, 0.1) is 17.7 Å². The van der Waals surface area contributed by atoms with Crippen molar-refractivity contribution in [1.29, 1.82) is 0 Å². The van der Waals surface area contributed by atoms with E-state index in [1.165, 1.54) is 0 Å².